The Labute approximate surface area is 424 Å². The van der Waals surface area contributed by atoms with Crippen molar-refractivity contribution < 1.29 is 28.7 Å². The van der Waals surface area contributed by atoms with Crippen molar-refractivity contribution in [3.63, 3.8) is 0 Å². The zero-order chi connectivity index (χ0) is 50.3. The fraction of sp³-hybridized carbons (Fsp3) is 0.358. The number of halogens is 1. The molecule has 4 atom stereocenters. The molecule has 2 aliphatic heterocycles. The van der Waals surface area contributed by atoms with E-state index in [2.05, 4.69) is 45.0 Å². The number of fused-ring (bicyclic) bond motifs is 4. The van der Waals surface area contributed by atoms with Gasteiger partial charge in [-0.3, -0.25) is 28.7 Å². The summed E-state index contributed by atoms with van der Waals surface area (Å²) in [6.07, 6.45) is -0.351. The second kappa shape index (κ2) is 20.3. The third-order valence-corrected chi connectivity index (χ3v) is 15.6. The van der Waals surface area contributed by atoms with Crippen LogP contribution in [0.4, 0.5) is 0 Å². The van der Waals surface area contributed by atoms with Crippen LogP contribution in [-0.4, -0.2) is 90.4 Å². The number of aliphatic hydroxyl groups excluding tert-OH is 1. The van der Waals surface area contributed by atoms with E-state index in [0.29, 0.717) is 46.5 Å². The van der Waals surface area contributed by atoms with E-state index in [1.807, 2.05) is 111 Å². The van der Waals surface area contributed by atoms with Crippen LogP contribution < -0.4 is 16.0 Å². The van der Waals surface area contributed by atoms with E-state index < -0.39 is 35.6 Å². The lowest BCUT2D eigenvalue weighted by Crippen LogP contribution is -2.58. The molecule has 0 spiro atoms. The zero-order valence-corrected chi connectivity index (χ0v) is 43.0. The Bertz CT molecular complexity index is 3180. The lowest BCUT2D eigenvalue weighted by molar-refractivity contribution is -0.144. The first-order valence-corrected chi connectivity index (χ1v) is 25.7. The van der Waals surface area contributed by atoms with Crippen LogP contribution in [0.15, 0.2) is 87.7 Å². The van der Waals surface area contributed by atoms with Gasteiger partial charge >= 0.3 is 0 Å². The number of thiazole rings is 1. The molecule has 4 aromatic heterocycles. The highest BCUT2D eigenvalue weighted by Gasteiger charge is 2.44. The van der Waals surface area contributed by atoms with Gasteiger partial charge in [-0.15, -0.1) is 32.9 Å². The fourth-order valence-electron chi connectivity index (χ4n) is 9.25. The number of carbonyl (C=O) groups excluding carboxylic acids is 4. The standard InChI is InChI=1S/C53H56ClN9O6S2/c1-28-30(3)71-52-45(28)46(34-14-16-37(54)17-15-34)58-40(49-61-60-31(4)63(49)52)24-43(65)55-19-18-39-22-36-13-10-33(20-42(36)69-39)21-44(66)59-48(53(5,6)7)51(68)62-26-38(64)23-41(62)50(67)56-25-32-8-11-35(12-9-32)47-29(2)57-27-70-47/h8-17,20,22,27,38,40-41,48,64H,18-19,21,23-26H2,1-7H3,(H,55,65)(H,56,67)(H,59,66)/t38-,40+,41+,48?/m1/s1. The lowest BCUT2D eigenvalue weighted by Gasteiger charge is -2.35. The number of β-amino-alcohol motifs (C(OH)–C–C–N with tert-alkyl or cyclic N) is 1. The van der Waals surface area contributed by atoms with E-state index >= 15 is 0 Å². The van der Waals surface area contributed by atoms with Crippen LogP contribution in [-0.2, 0) is 38.6 Å². The van der Waals surface area contributed by atoms with E-state index in [1.54, 1.807) is 28.7 Å². The van der Waals surface area contributed by atoms with E-state index in [-0.39, 0.29) is 50.1 Å². The zero-order valence-electron chi connectivity index (χ0n) is 40.6. The highest BCUT2D eigenvalue weighted by molar-refractivity contribution is 7.15. The number of thiophene rings is 1. The van der Waals surface area contributed by atoms with E-state index in [1.165, 1.54) is 4.90 Å². The number of nitrogens with zero attached hydrogens (tertiary/aromatic N) is 6. The van der Waals surface area contributed by atoms with Crippen LogP contribution in [0.5, 0.6) is 0 Å². The first kappa shape index (κ1) is 49.5. The number of hydrogen-bond donors (Lipinski definition) is 4. The van der Waals surface area contributed by atoms with Gasteiger partial charge in [0.05, 0.1) is 40.7 Å². The summed E-state index contributed by atoms with van der Waals surface area (Å²) in [5.74, 6) is 0.593. The minimum absolute atomic E-state index is 0.0236. The molecule has 9 rings (SSSR count). The minimum Gasteiger partial charge on any atom is -0.461 e. The van der Waals surface area contributed by atoms with Gasteiger partial charge in [0.1, 0.15) is 40.3 Å². The quantitative estimate of drug-likeness (QED) is 0.0833. The number of rotatable bonds is 14. The molecule has 1 fully saturated rings. The molecule has 15 nitrogen and oxygen atoms in total. The number of aliphatic hydroxyl groups is 1. The van der Waals surface area contributed by atoms with Crippen LogP contribution in [0.3, 0.4) is 0 Å². The molecule has 0 saturated carbocycles. The topological polar surface area (TPSA) is 197 Å². The molecule has 0 radical (unpaired) electrons. The average molecular weight is 1010 g/mol. The number of furan rings is 1. The molecule has 7 aromatic rings. The number of hydrogen-bond acceptors (Lipinski definition) is 12. The molecule has 2 aliphatic rings. The van der Waals surface area contributed by atoms with Gasteiger partial charge in [-0.1, -0.05) is 80.9 Å². The van der Waals surface area contributed by atoms with E-state index in [4.69, 9.17) is 21.0 Å². The number of aliphatic imine (C=N–C) groups is 1. The van der Waals surface area contributed by atoms with Gasteiger partial charge in [-0.2, -0.15) is 0 Å². The number of aryl methyl sites for hydroxylation is 3. The van der Waals surface area contributed by atoms with Gasteiger partial charge in [0.25, 0.3) is 0 Å². The third-order valence-electron chi connectivity index (χ3n) is 13.1. The smallest absolute Gasteiger partial charge is 0.246 e. The van der Waals surface area contributed by atoms with Crippen molar-refractivity contribution in [2.75, 3.05) is 13.1 Å². The molecule has 1 unspecified atom stereocenters. The highest BCUT2D eigenvalue weighted by Crippen LogP contribution is 2.40. The Morgan fingerprint density at radius 3 is 2.37 bits per heavy atom. The number of amides is 4. The number of benzene rings is 3. The van der Waals surface area contributed by atoms with Gasteiger partial charge in [0.2, 0.25) is 23.6 Å². The molecule has 71 heavy (non-hydrogen) atoms. The molecule has 4 N–H and O–H groups in total. The van der Waals surface area contributed by atoms with Crippen molar-refractivity contribution in [1.29, 1.82) is 0 Å². The Kier molecular flexibility index (Phi) is 14.1. The van der Waals surface area contributed by atoms with Gasteiger partial charge in [-0.05, 0) is 79.6 Å². The van der Waals surface area contributed by atoms with Gasteiger partial charge in [0.15, 0.2) is 5.82 Å². The van der Waals surface area contributed by atoms with Crippen molar-refractivity contribution in [3.05, 3.63) is 139 Å². The third kappa shape index (κ3) is 10.6. The molecule has 3 aromatic carbocycles. The minimum atomic E-state index is -0.975. The Morgan fingerprint density at radius 1 is 0.915 bits per heavy atom. The van der Waals surface area contributed by atoms with Gasteiger partial charge < -0.3 is 30.4 Å². The van der Waals surface area contributed by atoms with Crippen molar-refractivity contribution in [1.82, 2.24) is 40.6 Å². The van der Waals surface area contributed by atoms with Crippen LogP contribution in [0.1, 0.15) is 95.5 Å². The first-order valence-electron chi connectivity index (χ1n) is 23.6. The molecular formula is C53H56ClN9O6S2. The Morgan fingerprint density at radius 2 is 1.65 bits per heavy atom. The number of nitrogens with one attached hydrogen (secondary N) is 3. The maximum atomic E-state index is 14.3. The van der Waals surface area contributed by atoms with Crippen LogP contribution in [0.2, 0.25) is 5.02 Å². The molecule has 0 aliphatic carbocycles. The summed E-state index contributed by atoms with van der Waals surface area (Å²) in [5, 5.41) is 31.0. The SMILES string of the molecule is Cc1ncsc1-c1ccc(CNC(=O)[C@@H]2C[C@@H](O)CN2C(=O)C(NC(=O)Cc2ccc3cc(CCNC(=O)C[C@@H]4N=C(c5ccc(Cl)cc5)c5c(sc(C)c5C)-n5c(C)nnc54)oc3c2)C(C)(C)C)cc1. The molecule has 6 heterocycles. The first-order chi connectivity index (χ1) is 33.9. The van der Waals surface area contributed by atoms with Crippen molar-refractivity contribution in [3.8, 4) is 15.4 Å². The monoisotopic (exact) mass is 1010 g/mol. The van der Waals surface area contributed by atoms with Crippen LogP contribution in [0, 0.1) is 33.1 Å². The molecule has 4 amide bonds. The second-order valence-corrected chi connectivity index (χ2v) is 21.9. The average Bonchev–Trinajstić information content (AvgIpc) is 4.16. The molecular weight excluding hydrogens is 958 g/mol. The maximum Gasteiger partial charge on any atom is 0.246 e. The summed E-state index contributed by atoms with van der Waals surface area (Å²) in [4.78, 5) is 68.3. The van der Waals surface area contributed by atoms with Crippen molar-refractivity contribution in [2.24, 2.45) is 10.4 Å². The van der Waals surface area contributed by atoms with E-state index in [9.17, 15) is 24.3 Å². The number of carbonyl (C=O) groups is 4. The Hall–Kier alpha value is -6.53. The summed E-state index contributed by atoms with van der Waals surface area (Å²) in [5.41, 5.74) is 9.03. The summed E-state index contributed by atoms with van der Waals surface area (Å²) < 4.78 is 8.23. The molecule has 1 saturated heterocycles. The largest absolute Gasteiger partial charge is 0.461 e. The molecule has 18 heteroatoms. The molecule has 0 bridgehead atoms. The van der Waals surface area contributed by atoms with Gasteiger partial charge in [-0.25, -0.2) is 4.98 Å². The summed E-state index contributed by atoms with van der Waals surface area (Å²) in [6.45, 7) is 14.1. The predicted molar refractivity (Wildman–Crippen MR) is 276 cm³/mol. The maximum absolute atomic E-state index is 14.3. The van der Waals surface area contributed by atoms with E-state index in [0.717, 1.165) is 59.4 Å². The summed E-state index contributed by atoms with van der Waals surface area (Å²) >= 11 is 9.49. The number of aromatic nitrogens is 4. The lowest BCUT2D eigenvalue weighted by atomic mass is 9.85. The summed E-state index contributed by atoms with van der Waals surface area (Å²) in [7, 11) is 0. The van der Waals surface area contributed by atoms with Crippen LogP contribution in [0.25, 0.3) is 26.4 Å². The van der Waals surface area contributed by atoms with Gasteiger partial charge in [0, 0.05) is 58.9 Å². The normalized spacial score (nSPS) is 17.1. The predicted octanol–water partition coefficient (Wildman–Crippen LogP) is 8.08. The number of likely N-dealkylation sites (tertiary alicyclic amines) is 1. The summed E-state index contributed by atoms with van der Waals surface area (Å²) in [6, 6.07) is 20.4. The van der Waals surface area contributed by atoms with Crippen molar-refractivity contribution >= 4 is 74.6 Å². The second-order valence-electron chi connectivity index (χ2n) is 19.4. The molecule has 368 valence electrons. The highest BCUT2D eigenvalue weighted by atomic mass is 35.5. The van der Waals surface area contributed by atoms with Crippen molar-refractivity contribution in [2.45, 2.75) is 105 Å². The Balaban J connectivity index is 0.808. The fourth-order valence-corrected chi connectivity index (χ4v) is 11.4. The van der Waals surface area contributed by atoms with Crippen LogP contribution >= 0.6 is 34.3 Å².